The van der Waals surface area contributed by atoms with Crippen molar-refractivity contribution in [3.8, 4) is 0 Å². The van der Waals surface area contributed by atoms with E-state index in [1.165, 1.54) is 65.3 Å². The van der Waals surface area contributed by atoms with Crippen molar-refractivity contribution in [2.24, 2.45) is 0 Å². The molecule has 0 fully saturated rings. The highest BCUT2D eigenvalue weighted by atomic mass is 14.1. The van der Waals surface area contributed by atoms with Gasteiger partial charge in [0.05, 0.1) is 0 Å². The standard InChI is InChI=1S/2C16H14.2C2H6/c1-11-6-5-9-15-12(2)14-8-4-3-7-13(14)10-16(11)15;1-11-7-8-12(2)16-10-14-6-4-3-5-13(14)9-15(11)16;2*1-2/h2*3-10H,1-2H3;2*1-2H3. The average Bonchev–Trinajstić information content (AvgIpc) is 2.93. The Morgan fingerprint density at radius 2 is 0.722 bits per heavy atom. The Morgan fingerprint density at radius 1 is 0.333 bits per heavy atom. The predicted molar refractivity (Wildman–Crippen MR) is 165 cm³/mol. The van der Waals surface area contributed by atoms with Crippen molar-refractivity contribution in [2.75, 3.05) is 0 Å². The van der Waals surface area contributed by atoms with Gasteiger partial charge in [0, 0.05) is 0 Å². The predicted octanol–water partition coefficient (Wildman–Crippen LogP) is 11.3. The van der Waals surface area contributed by atoms with Crippen molar-refractivity contribution in [3.05, 3.63) is 119 Å². The first-order chi connectivity index (χ1) is 17.5. The molecule has 0 radical (unpaired) electrons. The molecule has 6 aromatic carbocycles. The van der Waals surface area contributed by atoms with Gasteiger partial charge in [-0.05, 0) is 111 Å². The quantitative estimate of drug-likeness (QED) is 0.193. The van der Waals surface area contributed by atoms with E-state index < -0.39 is 0 Å². The molecule has 6 rings (SSSR count). The van der Waals surface area contributed by atoms with Gasteiger partial charge in [-0.1, -0.05) is 107 Å². The van der Waals surface area contributed by atoms with Crippen molar-refractivity contribution in [3.63, 3.8) is 0 Å². The zero-order chi connectivity index (χ0) is 26.2. The smallest absolute Gasteiger partial charge is 0.0146 e. The highest BCUT2D eigenvalue weighted by molar-refractivity contribution is 6.03. The van der Waals surface area contributed by atoms with E-state index in [1.54, 1.807) is 0 Å². The molecular weight excluding hydrogens is 432 g/mol. The first-order valence-electron chi connectivity index (χ1n) is 13.3. The zero-order valence-electron chi connectivity index (χ0n) is 23.2. The van der Waals surface area contributed by atoms with Crippen LogP contribution in [0.15, 0.2) is 97.1 Å². The van der Waals surface area contributed by atoms with Crippen LogP contribution >= 0.6 is 0 Å². The summed E-state index contributed by atoms with van der Waals surface area (Å²) in [5, 5.41) is 10.8. The number of hydrogen-bond acceptors (Lipinski definition) is 0. The molecule has 0 atom stereocenters. The number of benzene rings is 6. The Labute approximate surface area is 217 Å². The van der Waals surface area contributed by atoms with Crippen LogP contribution in [0.25, 0.3) is 43.1 Å². The fourth-order valence-corrected chi connectivity index (χ4v) is 4.79. The topological polar surface area (TPSA) is 0 Å². The van der Waals surface area contributed by atoms with E-state index in [2.05, 4.69) is 125 Å². The van der Waals surface area contributed by atoms with Crippen LogP contribution in [0.5, 0.6) is 0 Å². The third-order valence-corrected chi connectivity index (χ3v) is 6.71. The highest BCUT2D eigenvalue weighted by Gasteiger charge is 2.04. The van der Waals surface area contributed by atoms with Gasteiger partial charge in [0.1, 0.15) is 0 Å². The lowest BCUT2D eigenvalue weighted by atomic mass is 9.95. The van der Waals surface area contributed by atoms with Gasteiger partial charge in [0.2, 0.25) is 0 Å². The van der Waals surface area contributed by atoms with Crippen LogP contribution in [0.3, 0.4) is 0 Å². The fraction of sp³-hybridized carbons (Fsp3) is 0.222. The molecule has 0 heteroatoms. The maximum absolute atomic E-state index is 2.30. The van der Waals surface area contributed by atoms with Gasteiger partial charge in [-0.2, -0.15) is 0 Å². The second kappa shape index (κ2) is 12.4. The maximum Gasteiger partial charge on any atom is -0.0146 e. The Balaban J connectivity index is 0.000000177. The highest BCUT2D eigenvalue weighted by Crippen LogP contribution is 2.29. The van der Waals surface area contributed by atoms with Crippen molar-refractivity contribution in [1.29, 1.82) is 0 Å². The molecule has 0 aromatic heterocycles. The van der Waals surface area contributed by atoms with Gasteiger partial charge in [-0.3, -0.25) is 0 Å². The summed E-state index contributed by atoms with van der Waals surface area (Å²) in [6.45, 7) is 16.7. The molecule has 184 valence electrons. The van der Waals surface area contributed by atoms with Crippen molar-refractivity contribution < 1.29 is 0 Å². The molecule has 0 spiro atoms. The van der Waals surface area contributed by atoms with Crippen molar-refractivity contribution in [2.45, 2.75) is 55.4 Å². The van der Waals surface area contributed by atoms with E-state index in [-0.39, 0.29) is 0 Å². The molecule has 0 bridgehead atoms. The summed E-state index contributed by atoms with van der Waals surface area (Å²) in [6.07, 6.45) is 0. The normalized spacial score (nSPS) is 10.2. The second-order valence-corrected chi connectivity index (χ2v) is 8.84. The summed E-state index contributed by atoms with van der Waals surface area (Å²) in [5.74, 6) is 0. The van der Waals surface area contributed by atoms with E-state index in [1.807, 2.05) is 27.7 Å². The number of aryl methyl sites for hydroxylation is 4. The largest absolute Gasteiger partial charge is 0.0683 e. The molecule has 0 nitrogen and oxygen atoms in total. The van der Waals surface area contributed by atoms with Gasteiger partial charge >= 0.3 is 0 Å². The molecular formula is C36H40. The van der Waals surface area contributed by atoms with E-state index in [0.717, 1.165) is 0 Å². The summed E-state index contributed by atoms with van der Waals surface area (Å²) in [5.41, 5.74) is 5.45. The summed E-state index contributed by atoms with van der Waals surface area (Å²) in [6, 6.07) is 35.0. The summed E-state index contributed by atoms with van der Waals surface area (Å²) in [7, 11) is 0. The van der Waals surface area contributed by atoms with Crippen LogP contribution in [0, 0.1) is 27.7 Å². The third-order valence-electron chi connectivity index (χ3n) is 6.71. The van der Waals surface area contributed by atoms with Gasteiger partial charge in [0.25, 0.3) is 0 Å². The molecule has 36 heavy (non-hydrogen) atoms. The zero-order valence-corrected chi connectivity index (χ0v) is 23.2. The molecule has 0 aliphatic carbocycles. The molecule has 0 N–H and O–H groups in total. The first-order valence-corrected chi connectivity index (χ1v) is 13.3. The van der Waals surface area contributed by atoms with E-state index in [0.29, 0.717) is 0 Å². The Bertz CT molecular complexity index is 1520. The molecule has 0 saturated carbocycles. The van der Waals surface area contributed by atoms with Gasteiger partial charge in [-0.15, -0.1) is 0 Å². The number of rotatable bonds is 0. The van der Waals surface area contributed by atoms with Gasteiger partial charge in [0.15, 0.2) is 0 Å². The van der Waals surface area contributed by atoms with E-state index in [9.17, 15) is 0 Å². The second-order valence-electron chi connectivity index (χ2n) is 8.84. The minimum absolute atomic E-state index is 1.32. The molecule has 0 heterocycles. The Kier molecular flexibility index (Phi) is 9.25. The minimum Gasteiger partial charge on any atom is -0.0683 e. The molecule has 6 aromatic rings. The Morgan fingerprint density at radius 3 is 1.28 bits per heavy atom. The van der Waals surface area contributed by atoms with Crippen molar-refractivity contribution >= 4 is 43.1 Å². The average molecular weight is 473 g/mol. The van der Waals surface area contributed by atoms with Gasteiger partial charge < -0.3 is 0 Å². The SMILES string of the molecule is CC.CC.Cc1ccc(C)c2cc3ccccc3cc12.Cc1cccc2c(C)c3ccccc3cc12. The summed E-state index contributed by atoms with van der Waals surface area (Å²) >= 11 is 0. The van der Waals surface area contributed by atoms with Crippen LogP contribution in [0.4, 0.5) is 0 Å². The molecule has 0 aliphatic heterocycles. The third kappa shape index (κ3) is 5.44. The van der Waals surface area contributed by atoms with Gasteiger partial charge in [-0.25, -0.2) is 0 Å². The Hall–Kier alpha value is -3.64. The molecule has 0 aliphatic rings. The van der Waals surface area contributed by atoms with E-state index >= 15 is 0 Å². The van der Waals surface area contributed by atoms with Crippen LogP contribution in [-0.2, 0) is 0 Å². The fourth-order valence-electron chi connectivity index (χ4n) is 4.79. The van der Waals surface area contributed by atoms with Crippen LogP contribution in [0.1, 0.15) is 49.9 Å². The monoisotopic (exact) mass is 472 g/mol. The van der Waals surface area contributed by atoms with E-state index in [4.69, 9.17) is 0 Å². The molecule has 0 unspecified atom stereocenters. The number of hydrogen-bond donors (Lipinski definition) is 0. The van der Waals surface area contributed by atoms with Crippen LogP contribution < -0.4 is 0 Å². The van der Waals surface area contributed by atoms with Crippen molar-refractivity contribution in [1.82, 2.24) is 0 Å². The minimum atomic E-state index is 1.32. The lowest BCUT2D eigenvalue weighted by molar-refractivity contribution is 1.47. The first kappa shape index (κ1) is 27.0. The summed E-state index contributed by atoms with van der Waals surface area (Å²) in [4.78, 5) is 0. The van der Waals surface area contributed by atoms with Crippen LogP contribution in [0.2, 0.25) is 0 Å². The van der Waals surface area contributed by atoms with Crippen LogP contribution in [-0.4, -0.2) is 0 Å². The summed E-state index contributed by atoms with van der Waals surface area (Å²) < 4.78 is 0. The lowest BCUT2D eigenvalue weighted by Gasteiger charge is -2.09. The lowest BCUT2D eigenvalue weighted by Crippen LogP contribution is -1.84. The molecule has 0 saturated heterocycles. The molecule has 0 amide bonds. The number of fused-ring (bicyclic) bond motifs is 4. The maximum atomic E-state index is 2.30.